The summed E-state index contributed by atoms with van der Waals surface area (Å²) in [5, 5.41) is 1.10. The molecule has 2 aromatic rings. The molecule has 0 bridgehead atoms. The normalized spacial score (nSPS) is 10.7. The summed E-state index contributed by atoms with van der Waals surface area (Å²) >= 11 is 0. The Morgan fingerprint density at radius 1 is 1.25 bits per heavy atom. The average Bonchev–Trinajstić information content (AvgIpc) is 2.36. The number of nitrogens with one attached hydrogen (secondary N) is 1. The Balaban J connectivity index is 2.78. The molecule has 0 amide bonds. The van der Waals surface area contributed by atoms with E-state index in [9.17, 15) is 0 Å². The molecule has 0 fully saturated rings. The lowest BCUT2D eigenvalue weighted by atomic mass is 10.1. The van der Waals surface area contributed by atoms with Crippen LogP contribution in [0.1, 0.15) is 25.1 Å². The van der Waals surface area contributed by atoms with Gasteiger partial charge >= 0.3 is 0 Å². The third-order valence-electron chi connectivity index (χ3n) is 2.87. The zero-order chi connectivity index (χ0) is 11.5. The Morgan fingerprint density at radius 2 is 2.06 bits per heavy atom. The number of anilines is 1. The lowest BCUT2D eigenvalue weighted by Gasteiger charge is -2.10. The van der Waals surface area contributed by atoms with Gasteiger partial charge in [0.15, 0.2) is 0 Å². The number of fused-ring (bicyclic) bond motifs is 1. The van der Waals surface area contributed by atoms with Crippen LogP contribution in [0, 0.1) is 0 Å². The van der Waals surface area contributed by atoms with Crippen molar-refractivity contribution in [2.75, 3.05) is 5.43 Å². The molecule has 0 spiro atoms. The van der Waals surface area contributed by atoms with Crippen molar-refractivity contribution < 1.29 is 0 Å². The SMILES string of the molecule is CCc1cc(NN)c2cccc(CC)c2n1. The quantitative estimate of drug-likeness (QED) is 0.611. The second-order valence-electron chi connectivity index (χ2n) is 3.83. The third-order valence-corrected chi connectivity index (χ3v) is 2.87. The molecule has 2 rings (SSSR count). The Kier molecular flexibility index (Phi) is 3.06. The van der Waals surface area contributed by atoms with Crippen LogP contribution in [0.25, 0.3) is 10.9 Å². The van der Waals surface area contributed by atoms with Gasteiger partial charge in [0.05, 0.1) is 11.2 Å². The van der Waals surface area contributed by atoms with Gasteiger partial charge in [-0.25, -0.2) is 0 Å². The van der Waals surface area contributed by atoms with Gasteiger partial charge in [-0.2, -0.15) is 0 Å². The van der Waals surface area contributed by atoms with E-state index in [-0.39, 0.29) is 0 Å². The Morgan fingerprint density at radius 3 is 2.69 bits per heavy atom. The summed E-state index contributed by atoms with van der Waals surface area (Å²) in [6.45, 7) is 4.24. The third kappa shape index (κ3) is 1.74. The van der Waals surface area contributed by atoms with Crippen molar-refractivity contribution in [3.05, 3.63) is 35.5 Å². The lowest BCUT2D eigenvalue weighted by molar-refractivity contribution is 1.04. The Hall–Kier alpha value is -1.61. The van der Waals surface area contributed by atoms with E-state index in [2.05, 4.69) is 42.5 Å². The first-order valence-electron chi connectivity index (χ1n) is 5.68. The molecule has 0 saturated heterocycles. The molecule has 1 aromatic carbocycles. The Bertz CT molecular complexity index is 506. The van der Waals surface area contributed by atoms with E-state index < -0.39 is 0 Å². The zero-order valence-corrected chi connectivity index (χ0v) is 9.75. The molecule has 1 heterocycles. The van der Waals surface area contributed by atoms with E-state index in [1.807, 2.05) is 6.07 Å². The van der Waals surface area contributed by atoms with Crippen LogP contribution in [0.3, 0.4) is 0 Å². The fraction of sp³-hybridized carbons (Fsp3) is 0.308. The number of rotatable bonds is 3. The van der Waals surface area contributed by atoms with Gasteiger partial charge in [-0.15, -0.1) is 0 Å². The van der Waals surface area contributed by atoms with Gasteiger partial charge in [0.2, 0.25) is 0 Å². The van der Waals surface area contributed by atoms with Gasteiger partial charge in [-0.1, -0.05) is 32.0 Å². The molecular weight excluding hydrogens is 198 g/mol. The topological polar surface area (TPSA) is 50.9 Å². The minimum Gasteiger partial charge on any atom is -0.323 e. The van der Waals surface area contributed by atoms with Crippen molar-refractivity contribution in [3.8, 4) is 0 Å². The number of aryl methyl sites for hydroxylation is 2. The second-order valence-corrected chi connectivity index (χ2v) is 3.83. The minimum atomic E-state index is 0.919. The van der Waals surface area contributed by atoms with E-state index >= 15 is 0 Å². The number of nitrogen functional groups attached to an aromatic ring is 1. The average molecular weight is 215 g/mol. The lowest BCUT2D eigenvalue weighted by Crippen LogP contribution is -2.08. The first kappa shape index (κ1) is 10.9. The summed E-state index contributed by atoms with van der Waals surface area (Å²) in [4.78, 5) is 4.68. The van der Waals surface area contributed by atoms with Crippen LogP contribution < -0.4 is 11.3 Å². The molecule has 0 unspecified atom stereocenters. The first-order chi connectivity index (χ1) is 7.80. The smallest absolute Gasteiger partial charge is 0.0758 e. The zero-order valence-electron chi connectivity index (χ0n) is 9.75. The molecule has 3 heteroatoms. The highest BCUT2D eigenvalue weighted by Gasteiger charge is 2.06. The maximum Gasteiger partial charge on any atom is 0.0758 e. The molecule has 3 nitrogen and oxygen atoms in total. The van der Waals surface area contributed by atoms with Gasteiger partial charge < -0.3 is 5.43 Å². The number of aromatic nitrogens is 1. The van der Waals surface area contributed by atoms with E-state index in [4.69, 9.17) is 5.84 Å². The van der Waals surface area contributed by atoms with Gasteiger partial charge in [0.25, 0.3) is 0 Å². The van der Waals surface area contributed by atoms with Crippen LogP contribution in [0.15, 0.2) is 24.3 Å². The first-order valence-corrected chi connectivity index (χ1v) is 5.68. The highest BCUT2D eigenvalue weighted by molar-refractivity contribution is 5.93. The molecule has 84 valence electrons. The second kappa shape index (κ2) is 4.49. The highest BCUT2D eigenvalue weighted by Crippen LogP contribution is 2.25. The number of hydrazine groups is 1. The maximum absolute atomic E-state index is 5.55. The highest BCUT2D eigenvalue weighted by atomic mass is 15.2. The van der Waals surface area contributed by atoms with E-state index in [0.29, 0.717) is 0 Å². The number of nitrogens with zero attached hydrogens (tertiary/aromatic N) is 1. The maximum atomic E-state index is 5.55. The van der Waals surface area contributed by atoms with Crippen molar-refractivity contribution in [1.29, 1.82) is 0 Å². The number of para-hydroxylation sites is 1. The van der Waals surface area contributed by atoms with Crippen LogP contribution >= 0.6 is 0 Å². The standard InChI is InChI=1S/C13H17N3/c1-3-9-6-5-7-11-12(16-14)8-10(4-2)15-13(9)11/h5-8H,3-4,14H2,1-2H3,(H,15,16). The van der Waals surface area contributed by atoms with Gasteiger partial charge in [0.1, 0.15) is 0 Å². The molecule has 0 aliphatic heterocycles. The fourth-order valence-electron chi connectivity index (χ4n) is 1.95. The number of nitrogens with two attached hydrogens (primary N) is 1. The summed E-state index contributed by atoms with van der Waals surface area (Å²) in [7, 11) is 0. The van der Waals surface area contributed by atoms with E-state index in [0.717, 1.165) is 35.1 Å². The van der Waals surface area contributed by atoms with E-state index in [1.54, 1.807) is 0 Å². The van der Waals surface area contributed by atoms with Gasteiger partial charge in [-0.3, -0.25) is 10.8 Å². The summed E-state index contributed by atoms with van der Waals surface area (Å²) in [5.41, 5.74) is 7.12. The molecule has 3 N–H and O–H groups in total. The number of hydrogen-bond donors (Lipinski definition) is 2. The van der Waals surface area contributed by atoms with Crippen molar-refractivity contribution in [3.63, 3.8) is 0 Å². The molecule has 0 atom stereocenters. The number of hydrogen-bond acceptors (Lipinski definition) is 3. The molecule has 16 heavy (non-hydrogen) atoms. The predicted molar refractivity (Wildman–Crippen MR) is 68.3 cm³/mol. The minimum absolute atomic E-state index is 0.919. The van der Waals surface area contributed by atoms with Crippen LogP contribution in [0.5, 0.6) is 0 Å². The predicted octanol–water partition coefficient (Wildman–Crippen LogP) is 2.65. The largest absolute Gasteiger partial charge is 0.323 e. The summed E-state index contributed by atoms with van der Waals surface area (Å²) in [6, 6.07) is 8.24. The molecular formula is C13H17N3. The number of benzene rings is 1. The molecule has 0 aliphatic carbocycles. The monoisotopic (exact) mass is 215 g/mol. The summed E-state index contributed by atoms with van der Waals surface area (Å²) in [6.07, 6.45) is 1.91. The van der Waals surface area contributed by atoms with Crippen molar-refractivity contribution in [2.45, 2.75) is 26.7 Å². The van der Waals surface area contributed by atoms with Crippen LogP contribution in [0.4, 0.5) is 5.69 Å². The summed E-state index contributed by atoms with van der Waals surface area (Å²) in [5.74, 6) is 5.55. The van der Waals surface area contributed by atoms with Crippen LogP contribution in [-0.2, 0) is 12.8 Å². The van der Waals surface area contributed by atoms with Gasteiger partial charge in [0, 0.05) is 11.1 Å². The molecule has 0 aliphatic rings. The van der Waals surface area contributed by atoms with Crippen LogP contribution in [-0.4, -0.2) is 4.98 Å². The van der Waals surface area contributed by atoms with Crippen molar-refractivity contribution in [2.24, 2.45) is 5.84 Å². The Labute approximate surface area is 95.7 Å². The molecule has 0 saturated carbocycles. The fourth-order valence-corrected chi connectivity index (χ4v) is 1.95. The molecule has 1 aromatic heterocycles. The van der Waals surface area contributed by atoms with Gasteiger partial charge in [-0.05, 0) is 24.5 Å². The molecule has 0 radical (unpaired) electrons. The number of pyridine rings is 1. The van der Waals surface area contributed by atoms with Crippen molar-refractivity contribution in [1.82, 2.24) is 4.98 Å². The van der Waals surface area contributed by atoms with E-state index in [1.165, 1.54) is 5.56 Å². The van der Waals surface area contributed by atoms with Crippen molar-refractivity contribution >= 4 is 16.6 Å². The summed E-state index contributed by atoms with van der Waals surface area (Å²) < 4.78 is 0. The van der Waals surface area contributed by atoms with Crippen LogP contribution in [0.2, 0.25) is 0 Å².